The van der Waals surface area contributed by atoms with Crippen LogP contribution in [-0.2, 0) is 0 Å². The lowest BCUT2D eigenvalue weighted by Gasteiger charge is -2.05. The second kappa shape index (κ2) is 8.51. The first-order chi connectivity index (χ1) is 5.81. The van der Waals surface area contributed by atoms with Gasteiger partial charge in [0.25, 0.3) is 0 Å². The zero-order chi connectivity index (χ0) is 9.23. The average molecular weight is 170 g/mol. The molecule has 0 nitrogen and oxygen atoms in total. The van der Waals surface area contributed by atoms with Gasteiger partial charge in [0.2, 0.25) is 0 Å². The van der Waals surface area contributed by atoms with Gasteiger partial charge in [-0.05, 0) is 38.5 Å². The fourth-order valence-electron chi connectivity index (χ4n) is 1.11. The molecule has 0 unspecified atom stereocenters. The van der Waals surface area contributed by atoms with Gasteiger partial charge in [-0.2, -0.15) is 0 Å². The zero-order valence-electron chi connectivity index (χ0n) is 7.77. The number of hydrogen-bond donors (Lipinski definition) is 0. The van der Waals surface area contributed by atoms with E-state index in [1.165, 1.54) is 0 Å². The molecule has 0 heterocycles. The molecule has 0 bridgehead atoms. The summed E-state index contributed by atoms with van der Waals surface area (Å²) in [6.45, 7) is 7.19. The highest BCUT2D eigenvalue weighted by molar-refractivity contribution is 4.70. The quantitative estimate of drug-likeness (QED) is 0.381. The van der Waals surface area contributed by atoms with E-state index in [9.17, 15) is 4.39 Å². The van der Waals surface area contributed by atoms with Crippen molar-refractivity contribution in [3.63, 3.8) is 0 Å². The summed E-state index contributed by atoms with van der Waals surface area (Å²) in [4.78, 5) is 0. The van der Waals surface area contributed by atoms with Crippen molar-refractivity contribution in [2.75, 3.05) is 0 Å². The Morgan fingerprint density at radius 1 is 1.00 bits per heavy atom. The molecule has 70 valence electrons. The van der Waals surface area contributed by atoms with E-state index in [0.717, 1.165) is 25.7 Å². The standard InChI is InChI=1S/C11H19F/c1-3-5-7-9-11(12)10-8-6-4-2/h3-4,11H,1-2,5-10H2. The predicted molar refractivity (Wildman–Crippen MR) is 53.0 cm³/mol. The highest BCUT2D eigenvalue weighted by Gasteiger charge is 2.03. The summed E-state index contributed by atoms with van der Waals surface area (Å²) in [5.74, 6) is 0. The molecule has 12 heavy (non-hydrogen) atoms. The van der Waals surface area contributed by atoms with Crippen molar-refractivity contribution in [1.82, 2.24) is 0 Å². The number of unbranched alkanes of at least 4 members (excludes halogenated alkanes) is 2. The molecule has 0 N–H and O–H groups in total. The molecule has 0 aliphatic carbocycles. The van der Waals surface area contributed by atoms with Crippen LogP contribution >= 0.6 is 0 Å². The number of hydrogen-bond acceptors (Lipinski definition) is 0. The van der Waals surface area contributed by atoms with E-state index in [0.29, 0.717) is 12.8 Å². The molecular formula is C11H19F. The SMILES string of the molecule is C=CCCCC(F)CCCC=C. The first-order valence-electron chi connectivity index (χ1n) is 4.67. The van der Waals surface area contributed by atoms with Crippen LogP contribution in [0, 0.1) is 0 Å². The third-order valence-corrected chi connectivity index (χ3v) is 1.85. The van der Waals surface area contributed by atoms with Crippen molar-refractivity contribution in [1.29, 1.82) is 0 Å². The number of rotatable bonds is 8. The Morgan fingerprint density at radius 3 is 1.75 bits per heavy atom. The summed E-state index contributed by atoms with van der Waals surface area (Å²) in [7, 11) is 0. The van der Waals surface area contributed by atoms with Gasteiger partial charge in [0.1, 0.15) is 6.17 Å². The summed E-state index contributed by atoms with van der Waals surface area (Å²) in [6, 6.07) is 0. The monoisotopic (exact) mass is 170 g/mol. The van der Waals surface area contributed by atoms with E-state index in [4.69, 9.17) is 0 Å². The highest BCUT2D eigenvalue weighted by Crippen LogP contribution is 2.12. The second-order valence-electron chi connectivity index (χ2n) is 3.04. The summed E-state index contributed by atoms with van der Waals surface area (Å²) in [5.41, 5.74) is 0. The Kier molecular flexibility index (Phi) is 8.09. The molecule has 1 heteroatoms. The topological polar surface area (TPSA) is 0 Å². The zero-order valence-corrected chi connectivity index (χ0v) is 7.77. The molecular weight excluding hydrogens is 151 g/mol. The van der Waals surface area contributed by atoms with E-state index in [1.807, 2.05) is 12.2 Å². The molecule has 0 fully saturated rings. The molecule has 0 aliphatic heterocycles. The molecule has 0 aromatic rings. The van der Waals surface area contributed by atoms with Crippen molar-refractivity contribution >= 4 is 0 Å². The normalized spacial score (nSPS) is 10.2. The maximum absolute atomic E-state index is 13.0. The van der Waals surface area contributed by atoms with Crippen LogP contribution in [0.2, 0.25) is 0 Å². The maximum atomic E-state index is 13.0. The molecule has 0 rings (SSSR count). The van der Waals surface area contributed by atoms with E-state index >= 15 is 0 Å². The first-order valence-corrected chi connectivity index (χ1v) is 4.67. The molecule has 0 atom stereocenters. The Hall–Kier alpha value is -0.590. The first kappa shape index (κ1) is 11.4. The maximum Gasteiger partial charge on any atom is 0.100 e. The number of halogens is 1. The average Bonchev–Trinajstić information content (AvgIpc) is 2.06. The fourth-order valence-corrected chi connectivity index (χ4v) is 1.11. The Bertz CT molecular complexity index is 104. The lowest BCUT2D eigenvalue weighted by Crippen LogP contribution is -1.98. The van der Waals surface area contributed by atoms with Gasteiger partial charge >= 0.3 is 0 Å². The fraction of sp³-hybridized carbons (Fsp3) is 0.636. The Morgan fingerprint density at radius 2 is 1.42 bits per heavy atom. The van der Waals surface area contributed by atoms with Crippen LogP contribution in [0.4, 0.5) is 4.39 Å². The van der Waals surface area contributed by atoms with Crippen molar-refractivity contribution in [3.05, 3.63) is 25.3 Å². The molecule has 0 spiro atoms. The van der Waals surface area contributed by atoms with Gasteiger partial charge < -0.3 is 0 Å². The van der Waals surface area contributed by atoms with Crippen LogP contribution in [-0.4, -0.2) is 6.17 Å². The molecule has 0 amide bonds. The third-order valence-electron chi connectivity index (χ3n) is 1.85. The molecule has 0 aromatic carbocycles. The van der Waals surface area contributed by atoms with Crippen molar-refractivity contribution < 1.29 is 4.39 Å². The second-order valence-corrected chi connectivity index (χ2v) is 3.04. The molecule has 0 saturated heterocycles. The minimum atomic E-state index is -0.620. The van der Waals surface area contributed by atoms with Crippen LogP contribution < -0.4 is 0 Å². The molecule has 0 saturated carbocycles. The Labute approximate surface area is 75.2 Å². The predicted octanol–water partition coefficient (Wildman–Crippen LogP) is 4.04. The minimum absolute atomic E-state index is 0.620. The smallest absolute Gasteiger partial charge is 0.100 e. The Balaban J connectivity index is 3.14. The lowest BCUT2D eigenvalue weighted by atomic mass is 10.1. The molecule has 0 aromatic heterocycles. The van der Waals surface area contributed by atoms with Gasteiger partial charge in [-0.1, -0.05) is 12.2 Å². The van der Waals surface area contributed by atoms with Gasteiger partial charge in [-0.3, -0.25) is 0 Å². The van der Waals surface area contributed by atoms with Crippen LogP contribution in [0.15, 0.2) is 25.3 Å². The summed E-state index contributed by atoms with van der Waals surface area (Å²) >= 11 is 0. The lowest BCUT2D eigenvalue weighted by molar-refractivity contribution is 0.286. The summed E-state index contributed by atoms with van der Waals surface area (Å²) in [5, 5.41) is 0. The van der Waals surface area contributed by atoms with E-state index in [2.05, 4.69) is 13.2 Å². The van der Waals surface area contributed by atoms with Crippen LogP contribution in [0.3, 0.4) is 0 Å². The largest absolute Gasteiger partial charge is 0.247 e. The van der Waals surface area contributed by atoms with Gasteiger partial charge in [0.15, 0.2) is 0 Å². The van der Waals surface area contributed by atoms with Gasteiger partial charge in [-0.15, -0.1) is 13.2 Å². The molecule has 0 radical (unpaired) electrons. The van der Waals surface area contributed by atoms with Crippen molar-refractivity contribution in [2.24, 2.45) is 0 Å². The van der Waals surface area contributed by atoms with E-state index < -0.39 is 6.17 Å². The van der Waals surface area contributed by atoms with Crippen molar-refractivity contribution in [2.45, 2.75) is 44.7 Å². The highest BCUT2D eigenvalue weighted by atomic mass is 19.1. The van der Waals surface area contributed by atoms with E-state index in [1.54, 1.807) is 0 Å². The third kappa shape index (κ3) is 7.52. The summed E-state index contributed by atoms with van der Waals surface area (Å²) in [6.07, 6.45) is 8.16. The minimum Gasteiger partial charge on any atom is -0.247 e. The van der Waals surface area contributed by atoms with Crippen LogP contribution in [0.5, 0.6) is 0 Å². The van der Waals surface area contributed by atoms with Crippen LogP contribution in [0.25, 0.3) is 0 Å². The van der Waals surface area contributed by atoms with Crippen molar-refractivity contribution in [3.8, 4) is 0 Å². The number of alkyl halides is 1. The summed E-state index contributed by atoms with van der Waals surface area (Å²) < 4.78 is 13.0. The molecule has 0 aliphatic rings. The van der Waals surface area contributed by atoms with Gasteiger partial charge in [0, 0.05) is 0 Å². The number of allylic oxidation sites excluding steroid dienone is 2. The van der Waals surface area contributed by atoms with Crippen LogP contribution in [0.1, 0.15) is 38.5 Å². The van der Waals surface area contributed by atoms with Gasteiger partial charge in [-0.25, -0.2) is 4.39 Å². The van der Waals surface area contributed by atoms with Gasteiger partial charge in [0.05, 0.1) is 0 Å². The van der Waals surface area contributed by atoms with E-state index in [-0.39, 0.29) is 0 Å².